The van der Waals surface area contributed by atoms with E-state index in [-0.39, 0.29) is 80.4 Å². The molecule has 1 saturated carbocycles. The number of esters is 1. The van der Waals surface area contributed by atoms with Gasteiger partial charge < -0.3 is 53.4 Å². The van der Waals surface area contributed by atoms with Crippen molar-refractivity contribution in [1.82, 2.24) is 4.90 Å². The predicted octanol–water partition coefficient (Wildman–Crippen LogP) is 7.09. The van der Waals surface area contributed by atoms with Gasteiger partial charge in [0.05, 0.1) is 37.6 Å². The number of hydrogen-bond donors (Lipinski definition) is 3. The number of piperidine rings is 1. The monoisotopic (exact) mass is 1040 g/mol. The molecule has 0 aromatic carbocycles. The summed E-state index contributed by atoms with van der Waals surface area (Å²) in [5.74, 6) is -9.18. The lowest BCUT2D eigenvalue weighted by atomic mass is 9.78. The van der Waals surface area contributed by atoms with Crippen LogP contribution in [0.1, 0.15) is 138 Å². The van der Waals surface area contributed by atoms with Crippen LogP contribution >= 0.6 is 0 Å². The van der Waals surface area contributed by atoms with Gasteiger partial charge in [-0.2, -0.15) is 0 Å². The first-order valence-corrected chi connectivity index (χ1v) is 27.0. The van der Waals surface area contributed by atoms with E-state index in [0.29, 0.717) is 76.6 Å². The van der Waals surface area contributed by atoms with Crippen molar-refractivity contribution in [3.8, 4) is 0 Å². The molecule has 2 saturated heterocycles. The maximum atomic E-state index is 14.6. The van der Waals surface area contributed by atoms with Crippen molar-refractivity contribution in [2.75, 3.05) is 47.7 Å². The number of cyclic esters (lactones) is 1. The zero-order chi connectivity index (χ0) is 54.7. The summed E-state index contributed by atoms with van der Waals surface area (Å²) in [6.45, 7) is 13.6. The zero-order valence-corrected chi connectivity index (χ0v) is 45.9. The summed E-state index contributed by atoms with van der Waals surface area (Å²) in [4.78, 5) is 83.8. The second-order valence-electron chi connectivity index (χ2n) is 21.6. The minimum atomic E-state index is -2.48. The van der Waals surface area contributed by atoms with Gasteiger partial charge in [0.2, 0.25) is 5.79 Å². The molecule has 74 heavy (non-hydrogen) atoms. The highest BCUT2D eigenvalue weighted by Gasteiger charge is 2.53. The van der Waals surface area contributed by atoms with Crippen LogP contribution in [0.2, 0.25) is 0 Å². The standard InChI is InChI=1S/C57H89NO16/c1-35-17-12-11-13-18-36(2)47(72-28-27-68-8)33-43-23-21-41(7)57(67,74-43)54(64)55(65)58-25-15-14-19-44(58)56(66)73-48(34-45(59)37(3)30-40(6)52(63)53(70-10)51(62)39(5)29-35)38(4)31-42-22-24-46(49(32-42)69-9)71-26-16-20-50(60)61/h11-13,17-18,30,35,37-39,41-44,46-49,52-53,63,67H,14-16,19-29,31-34H2,1-10H3,(H,60,61)/b13-11?,17-12+,36-18?,40-30+. The molecule has 3 N–H and O–H groups in total. The molecular formula is C57H89NO16. The minimum Gasteiger partial charge on any atom is -0.481 e. The molecular weight excluding hydrogens is 955 g/mol. The molecule has 3 fully saturated rings. The average molecular weight is 1040 g/mol. The van der Waals surface area contributed by atoms with Crippen LogP contribution in [-0.2, 0) is 61.9 Å². The van der Waals surface area contributed by atoms with Crippen molar-refractivity contribution in [2.45, 2.75) is 193 Å². The number of carbonyl (C=O) groups excluding carboxylic acids is 5. The van der Waals surface area contributed by atoms with Gasteiger partial charge >= 0.3 is 11.9 Å². The second kappa shape index (κ2) is 30.7. The molecule has 0 radical (unpaired) electrons. The average Bonchev–Trinajstić information content (AvgIpc) is 3.37. The number of amides is 1. The molecule has 17 nitrogen and oxygen atoms in total. The fourth-order valence-corrected chi connectivity index (χ4v) is 10.9. The van der Waals surface area contributed by atoms with Gasteiger partial charge in [-0.15, -0.1) is 0 Å². The largest absolute Gasteiger partial charge is 0.481 e. The minimum absolute atomic E-state index is 0.00457. The number of carbonyl (C=O) groups is 6. The number of aliphatic carboxylic acids is 1. The summed E-state index contributed by atoms with van der Waals surface area (Å²) in [5, 5.41) is 32.7. The number of carboxylic acid groups (broad SMARTS) is 1. The Morgan fingerprint density at radius 2 is 1.59 bits per heavy atom. The van der Waals surface area contributed by atoms with E-state index in [4.69, 9.17) is 38.3 Å². The van der Waals surface area contributed by atoms with E-state index in [9.17, 15) is 39.0 Å². The SMILES string of the molecule is COCCOC1CC2CCC(C)C(O)(O2)C(=O)C(=O)N2CCCCC2C(=O)OC(C(C)CC2CCC(OCCCC(=O)O)C(OC)C2)CC(=O)C(C)/C=C(\C)C(O)C(OC)C(=O)C(C)CC(C)/C=C/C=CC=C1C. The van der Waals surface area contributed by atoms with Gasteiger partial charge in [-0.1, -0.05) is 71.1 Å². The van der Waals surface area contributed by atoms with Gasteiger partial charge in [0.25, 0.3) is 11.7 Å². The number of carboxylic acids is 1. The number of hydrogen-bond acceptors (Lipinski definition) is 15. The van der Waals surface area contributed by atoms with Crippen LogP contribution in [0.5, 0.6) is 0 Å². The molecule has 418 valence electrons. The number of Topliss-reactive ketones (excluding diaryl/α,β-unsaturated/α-hetero) is 3. The van der Waals surface area contributed by atoms with Crippen molar-refractivity contribution >= 4 is 35.2 Å². The molecule has 1 aliphatic carbocycles. The lowest BCUT2D eigenvalue weighted by molar-refractivity contribution is -0.266. The Morgan fingerprint density at radius 3 is 2.28 bits per heavy atom. The number of ketones is 3. The summed E-state index contributed by atoms with van der Waals surface area (Å²) in [5.41, 5.74) is 1.22. The molecule has 0 aromatic rings. The Kier molecular flexibility index (Phi) is 26.0. The quantitative estimate of drug-likeness (QED) is 0.0683. The maximum absolute atomic E-state index is 14.6. The van der Waals surface area contributed by atoms with Crippen molar-refractivity contribution in [3.05, 3.63) is 47.6 Å². The summed E-state index contributed by atoms with van der Waals surface area (Å²) in [6.07, 6.45) is 11.7. The van der Waals surface area contributed by atoms with Gasteiger partial charge in [0.1, 0.15) is 30.1 Å². The van der Waals surface area contributed by atoms with E-state index in [1.807, 2.05) is 58.1 Å². The number of allylic oxidation sites excluding steroid dienone is 6. The Bertz CT molecular complexity index is 1980. The number of nitrogens with zero attached hydrogens (tertiary/aromatic N) is 1. The molecule has 17 heteroatoms. The number of fused-ring (bicyclic) bond motifs is 3. The highest BCUT2D eigenvalue weighted by atomic mass is 16.6. The highest BCUT2D eigenvalue weighted by molar-refractivity contribution is 6.39. The summed E-state index contributed by atoms with van der Waals surface area (Å²) < 4.78 is 41.6. The van der Waals surface area contributed by atoms with Crippen molar-refractivity contribution in [1.29, 1.82) is 0 Å². The third-order valence-electron chi connectivity index (χ3n) is 15.6. The van der Waals surface area contributed by atoms with E-state index in [0.717, 1.165) is 12.0 Å². The normalized spacial score (nSPS) is 35.8. The van der Waals surface area contributed by atoms with Crippen molar-refractivity contribution < 1.29 is 77.2 Å². The van der Waals surface area contributed by atoms with Gasteiger partial charge in [0.15, 0.2) is 5.78 Å². The molecule has 4 rings (SSSR count). The molecule has 3 heterocycles. The van der Waals surface area contributed by atoms with Crippen LogP contribution in [0.25, 0.3) is 0 Å². The third kappa shape index (κ3) is 18.1. The van der Waals surface area contributed by atoms with Crippen LogP contribution in [0.15, 0.2) is 47.6 Å². The molecule has 1 amide bonds. The lowest BCUT2D eigenvalue weighted by Gasteiger charge is -2.43. The highest BCUT2D eigenvalue weighted by Crippen LogP contribution is 2.38. The molecule has 0 spiro atoms. The third-order valence-corrected chi connectivity index (χ3v) is 15.6. The van der Waals surface area contributed by atoms with E-state index in [1.165, 1.54) is 12.0 Å². The first-order chi connectivity index (χ1) is 35.1. The smallest absolute Gasteiger partial charge is 0.329 e. The molecule has 15 atom stereocenters. The first-order valence-electron chi connectivity index (χ1n) is 27.0. The summed E-state index contributed by atoms with van der Waals surface area (Å²) in [6, 6.07) is -1.18. The molecule has 0 aromatic heterocycles. The lowest BCUT2D eigenvalue weighted by Crippen LogP contribution is -2.61. The Hall–Kier alpha value is -3.94. The van der Waals surface area contributed by atoms with Crippen LogP contribution in [0.4, 0.5) is 0 Å². The van der Waals surface area contributed by atoms with E-state index >= 15 is 0 Å². The second-order valence-corrected chi connectivity index (χ2v) is 21.6. The fourth-order valence-electron chi connectivity index (χ4n) is 10.9. The van der Waals surface area contributed by atoms with Gasteiger partial charge in [0, 0.05) is 71.5 Å². The number of ether oxygens (including phenoxy) is 7. The van der Waals surface area contributed by atoms with E-state index < -0.39 is 83.7 Å². The number of aliphatic hydroxyl groups is 2. The van der Waals surface area contributed by atoms with E-state index in [2.05, 4.69) is 0 Å². The maximum Gasteiger partial charge on any atom is 0.329 e. The Labute approximate surface area is 439 Å². The van der Waals surface area contributed by atoms with Crippen LogP contribution in [0, 0.1) is 35.5 Å². The first kappa shape index (κ1) is 62.6. The zero-order valence-electron chi connectivity index (χ0n) is 45.9. The predicted molar refractivity (Wildman–Crippen MR) is 277 cm³/mol. The van der Waals surface area contributed by atoms with Crippen molar-refractivity contribution in [2.24, 2.45) is 35.5 Å². The van der Waals surface area contributed by atoms with Gasteiger partial charge in [-0.3, -0.25) is 24.0 Å². The van der Waals surface area contributed by atoms with Crippen LogP contribution in [0.3, 0.4) is 0 Å². The molecule has 15 unspecified atom stereocenters. The van der Waals surface area contributed by atoms with Gasteiger partial charge in [-0.05, 0) is 113 Å². The van der Waals surface area contributed by atoms with Crippen LogP contribution in [-0.4, -0.2) is 158 Å². The number of rotatable bonds is 14. The topological polar surface area (TPSA) is 231 Å². The summed E-state index contributed by atoms with van der Waals surface area (Å²) in [7, 11) is 4.56. The Balaban J connectivity index is 1.69. The van der Waals surface area contributed by atoms with Gasteiger partial charge in [-0.25, -0.2) is 4.79 Å². The molecule has 2 bridgehead atoms. The molecule has 3 aliphatic heterocycles. The van der Waals surface area contributed by atoms with E-state index in [1.54, 1.807) is 41.1 Å². The summed E-state index contributed by atoms with van der Waals surface area (Å²) >= 11 is 0. The van der Waals surface area contributed by atoms with Crippen LogP contribution < -0.4 is 0 Å². The number of methoxy groups -OCH3 is 3. The fraction of sp³-hybridized carbons (Fsp3) is 0.754. The van der Waals surface area contributed by atoms with Crippen molar-refractivity contribution in [3.63, 3.8) is 0 Å². The Morgan fingerprint density at radius 1 is 0.851 bits per heavy atom. The number of aliphatic hydroxyl groups excluding tert-OH is 1. The molecule has 4 aliphatic rings.